The minimum Gasteiger partial charge on any atom is -0.374 e. The van der Waals surface area contributed by atoms with Gasteiger partial charge in [-0.05, 0) is 38.9 Å². The van der Waals surface area contributed by atoms with E-state index in [1.54, 1.807) is 0 Å². The standard InChI is InChI=1S/C13H25N3O/c1-10-13-6-14-5-11(13)7-16(10)9-12-8-15(2)3-4-17-12/h10-14H,3-9H2,1-2H3. The summed E-state index contributed by atoms with van der Waals surface area (Å²) in [6.45, 7) is 10.3. The molecule has 0 spiro atoms. The lowest BCUT2D eigenvalue weighted by Crippen LogP contribution is -2.47. The fraction of sp³-hybridized carbons (Fsp3) is 1.00. The second-order valence-electron chi connectivity index (χ2n) is 6.03. The van der Waals surface area contributed by atoms with Crippen LogP contribution in [0.4, 0.5) is 0 Å². The first-order valence-electron chi connectivity index (χ1n) is 6.99. The first-order valence-corrected chi connectivity index (χ1v) is 6.99. The van der Waals surface area contributed by atoms with E-state index in [4.69, 9.17) is 4.74 Å². The van der Waals surface area contributed by atoms with Crippen LogP contribution in [0.5, 0.6) is 0 Å². The molecule has 3 heterocycles. The van der Waals surface area contributed by atoms with Crippen LogP contribution in [0.3, 0.4) is 0 Å². The Bertz CT molecular complexity index is 273. The van der Waals surface area contributed by atoms with E-state index in [-0.39, 0.29) is 0 Å². The van der Waals surface area contributed by atoms with Gasteiger partial charge in [0.2, 0.25) is 0 Å². The fourth-order valence-corrected chi connectivity index (χ4v) is 3.74. The lowest BCUT2D eigenvalue weighted by atomic mass is 9.95. The molecule has 3 fully saturated rings. The molecule has 0 aromatic rings. The Labute approximate surface area is 104 Å². The van der Waals surface area contributed by atoms with Gasteiger partial charge in [0, 0.05) is 32.2 Å². The molecule has 1 N–H and O–H groups in total. The lowest BCUT2D eigenvalue weighted by Gasteiger charge is -2.34. The zero-order valence-corrected chi connectivity index (χ0v) is 11.1. The molecule has 0 aliphatic carbocycles. The molecule has 0 aromatic carbocycles. The van der Waals surface area contributed by atoms with Gasteiger partial charge in [0.1, 0.15) is 0 Å². The highest BCUT2D eigenvalue weighted by molar-refractivity contribution is 4.97. The van der Waals surface area contributed by atoms with E-state index in [0.29, 0.717) is 6.10 Å². The number of hydrogen-bond donors (Lipinski definition) is 1. The third kappa shape index (κ3) is 2.36. The summed E-state index contributed by atoms with van der Waals surface area (Å²) in [6, 6.07) is 0.728. The summed E-state index contributed by atoms with van der Waals surface area (Å²) in [4.78, 5) is 5.04. The highest BCUT2D eigenvalue weighted by Crippen LogP contribution is 2.32. The Hall–Kier alpha value is -0.160. The largest absolute Gasteiger partial charge is 0.374 e. The number of likely N-dealkylation sites (N-methyl/N-ethyl adjacent to an activating group) is 1. The van der Waals surface area contributed by atoms with Crippen molar-refractivity contribution in [3.63, 3.8) is 0 Å². The van der Waals surface area contributed by atoms with Crippen molar-refractivity contribution in [2.75, 3.05) is 52.9 Å². The Morgan fingerprint density at radius 3 is 2.94 bits per heavy atom. The molecule has 0 bridgehead atoms. The van der Waals surface area contributed by atoms with Crippen LogP contribution in [-0.2, 0) is 4.74 Å². The van der Waals surface area contributed by atoms with Crippen molar-refractivity contribution in [2.45, 2.75) is 19.1 Å². The third-order valence-electron chi connectivity index (χ3n) is 4.84. The van der Waals surface area contributed by atoms with E-state index in [1.807, 2.05) is 0 Å². The summed E-state index contributed by atoms with van der Waals surface area (Å²) in [6.07, 6.45) is 0.419. The molecule has 3 aliphatic heterocycles. The van der Waals surface area contributed by atoms with Crippen LogP contribution in [-0.4, -0.2) is 74.9 Å². The van der Waals surface area contributed by atoms with E-state index in [0.717, 1.165) is 44.1 Å². The summed E-state index contributed by atoms with van der Waals surface area (Å²) < 4.78 is 5.88. The number of ether oxygens (including phenoxy) is 1. The minimum absolute atomic E-state index is 0.419. The Kier molecular flexibility index (Phi) is 3.39. The molecule has 98 valence electrons. The summed E-state index contributed by atoms with van der Waals surface area (Å²) in [7, 11) is 2.20. The molecule has 3 aliphatic rings. The van der Waals surface area contributed by atoms with E-state index in [9.17, 15) is 0 Å². The SMILES string of the molecule is CC1C2CNCC2CN1CC1CN(C)CCO1. The number of likely N-dealkylation sites (tertiary alicyclic amines) is 1. The molecular weight excluding hydrogens is 214 g/mol. The third-order valence-corrected chi connectivity index (χ3v) is 4.84. The maximum Gasteiger partial charge on any atom is 0.0829 e. The van der Waals surface area contributed by atoms with Gasteiger partial charge in [-0.2, -0.15) is 0 Å². The van der Waals surface area contributed by atoms with Gasteiger partial charge >= 0.3 is 0 Å². The van der Waals surface area contributed by atoms with Crippen molar-refractivity contribution in [3.05, 3.63) is 0 Å². The van der Waals surface area contributed by atoms with Crippen LogP contribution in [0.15, 0.2) is 0 Å². The molecule has 0 aromatic heterocycles. The normalized spacial score (nSPS) is 44.1. The zero-order valence-electron chi connectivity index (χ0n) is 11.1. The average molecular weight is 239 g/mol. The van der Waals surface area contributed by atoms with Crippen molar-refractivity contribution in [1.82, 2.24) is 15.1 Å². The van der Waals surface area contributed by atoms with Crippen LogP contribution >= 0.6 is 0 Å². The molecule has 4 atom stereocenters. The van der Waals surface area contributed by atoms with Crippen LogP contribution in [0.2, 0.25) is 0 Å². The molecule has 0 amide bonds. The van der Waals surface area contributed by atoms with E-state index >= 15 is 0 Å². The summed E-state index contributed by atoms with van der Waals surface area (Å²) in [5.41, 5.74) is 0. The average Bonchev–Trinajstić information content (AvgIpc) is 2.84. The molecule has 0 saturated carbocycles. The number of morpholine rings is 1. The van der Waals surface area contributed by atoms with Gasteiger partial charge in [-0.1, -0.05) is 0 Å². The summed E-state index contributed by atoms with van der Waals surface area (Å²) in [5.74, 6) is 1.75. The number of rotatable bonds is 2. The maximum atomic E-state index is 5.88. The number of fused-ring (bicyclic) bond motifs is 1. The van der Waals surface area contributed by atoms with Crippen LogP contribution in [0.1, 0.15) is 6.92 Å². The molecule has 3 saturated heterocycles. The minimum atomic E-state index is 0.419. The molecule has 0 radical (unpaired) electrons. The van der Waals surface area contributed by atoms with Gasteiger partial charge in [0.05, 0.1) is 12.7 Å². The van der Waals surface area contributed by atoms with Gasteiger partial charge < -0.3 is 15.0 Å². The van der Waals surface area contributed by atoms with E-state index < -0.39 is 0 Å². The van der Waals surface area contributed by atoms with Crippen molar-refractivity contribution in [1.29, 1.82) is 0 Å². The quantitative estimate of drug-likeness (QED) is 0.726. The maximum absolute atomic E-state index is 5.88. The van der Waals surface area contributed by atoms with Crippen LogP contribution in [0, 0.1) is 11.8 Å². The predicted octanol–water partition coefficient (Wildman–Crippen LogP) is -0.143. The van der Waals surface area contributed by atoms with Crippen molar-refractivity contribution in [2.24, 2.45) is 11.8 Å². The highest BCUT2D eigenvalue weighted by atomic mass is 16.5. The zero-order chi connectivity index (χ0) is 11.8. The van der Waals surface area contributed by atoms with Crippen LogP contribution in [0.25, 0.3) is 0 Å². The van der Waals surface area contributed by atoms with Gasteiger partial charge in [0.15, 0.2) is 0 Å². The van der Waals surface area contributed by atoms with Gasteiger partial charge in [0.25, 0.3) is 0 Å². The number of hydrogen-bond acceptors (Lipinski definition) is 4. The first kappa shape index (κ1) is 11.9. The van der Waals surface area contributed by atoms with Crippen molar-refractivity contribution < 1.29 is 4.74 Å². The van der Waals surface area contributed by atoms with Crippen molar-refractivity contribution in [3.8, 4) is 0 Å². The molecular formula is C13H25N3O. The second kappa shape index (κ2) is 4.84. The Morgan fingerprint density at radius 1 is 1.29 bits per heavy atom. The van der Waals surface area contributed by atoms with E-state index in [2.05, 4.69) is 29.1 Å². The molecule has 4 unspecified atom stereocenters. The highest BCUT2D eigenvalue weighted by Gasteiger charge is 2.42. The first-order chi connectivity index (χ1) is 8.24. The fourth-order valence-electron chi connectivity index (χ4n) is 3.74. The lowest BCUT2D eigenvalue weighted by molar-refractivity contribution is -0.0377. The van der Waals surface area contributed by atoms with Gasteiger partial charge in [-0.15, -0.1) is 0 Å². The second-order valence-corrected chi connectivity index (χ2v) is 6.03. The molecule has 4 nitrogen and oxygen atoms in total. The Balaban J connectivity index is 1.55. The topological polar surface area (TPSA) is 27.7 Å². The summed E-state index contributed by atoms with van der Waals surface area (Å²) >= 11 is 0. The number of nitrogens with zero attached hydrogens (tertiary/aromatic N) is 2. The summed E-state index contributed by atoms with van der Waals surface area (Å²) in [5, 5.41) is 3.52. The predicted molar refractivity (Wildman–Crippen MR) is 68.1 cm³/mol. The van der Waals surface area contributed by atoms with Crippen LogP contribution < -0.4 is 5.32 Å². The molecule has 4 heteroatoms. The van der Waals surface area contributed by atoms with E-state index in [1.165, 1.54) is 19.6 Å². The number of nitrogens with one attached hydrogen (secondary N) is 1. The molecule has 3 rings (SSSR count). The van der Waals surface area contributed by atoms with Crippen molar-refractivity contribution >= 4 is 0 Å². The smallest absolute Gasteiger partial charge is 0.0829 e. The van der Waals surface area contributed by atoms with Gasteiger partial charge in [-0.3, -0.25) is 4.90 Å². The van der Waals surface area contributed by atoms with Gasteiger partial charge in [-0.25, -0.2) is 0 Å². The Morgan fingerprint density at radius 2 is 2.18 bits per heavy atom. The monoisotopic (exact) mass is 239 g/mol. The molecule has 17 heavy (non-hydrogen) atoms.